The van der Waals surface area contributed by atoms with Crippen LogP contribution in [0.4, 0.5) is 18.0 Å². The Morgan fingerprint density at radius 3 is 2.71 bits per heavy atom. The first-order valence-corrected chi connectivity index (χ1v) is 10.3. The van der Waals surface area contributed by atoms with Crippen LogP contribution in [0, 0.1) is 0 Å². The minimum Gasteiger partial charge on any atom is -0.333 e. The van der Waals surface area contributed by atoms with E-state index in [2.05, 4.69) is 15.7 Å². The van der Waals surface area contributed by atoms with Crippen molar-refractivity contribution in [2.24, 2.45) is 0 Å². The zero-order chi connectivity index (χ0) is 22.0. The van der Waals surface area contributed by atoms with E-state index in [4.69, 9.17) is 0 Å². The second kappa shape index (κ2) is 8.60. The van der Waals surface area contributed by atoms with E-state index in [0.29, 0.717) is 6.54 Å². The zero-order valence-corrected chi connectivity index (χ0v) is 16.9. The number of benzene rings is 1. The topological polar surface area (TPSA) is 79.3 Å². The van der Waals surface area contributed by atoms with Gasteiger partial charge in [-0.3, -0.25) is 9.48 Å². The maximum absolute atomic E-state index is 12.6. The van der Waals surface area contributed by atoms with E-state index in [1.807, 2.05) is 35.0 Å². The number of urea groups is 1. The molecule has 0 radical (unpaired) electrons. The molecule has 2 unspecified atom stereocenters. The van der Waals surface area contributed by atoms with Gasteiger partial charge in [-0.1, -0.05) is 30.3 Å². The van der Waals surface area contributed by atoms with E-state index in [1.165, 1.54) is 0 Å². The van der Waals surface area contributed by atoms with E-state index >= 15 is 0 Å². The fourth-order valence-electron chi connectivity index (χ4n) is 4.28. The van der Waals surface area contributed by atoms with E-state index in [1.54, 1.807) is 6.20 Å². The number of likely N-dealkylation sites (tertiary alicyclic amines) is 1. The van der Waals surface area contributed by atoms with Crippen LogP contribution < -0.4 is 10.6 Å². The molecule has 2 atom stereocenters. The zero-order valence-electron chi connectivity index (χ0n) is 16.9. The Kier molecular flexibility index (Phi) is 5.88. The second-order valence-electron chi connectivity index (χ2n) is 8.04. The van der Waals surface area contributed by atoms with Gasteiger partial charge in [-0.05, 0) is 24.8 Å². The van der Waals surface area contributed by atoms with Crippen molar-refractivity contribution in [3.8, 4) is 0 Å². The number of aromatic nitrogens is 2. The maximum Gasteiger partial charge on any atom is 0.406 e. The maximum atomic E-state index is 12.6. The molecular formula is C21H24F3N5O2. The molecule has 1 aliphatic heterocycles. The lowest BCUT2D eigenvalue weighted by molar-refractivity contribution is -0.157. The third-order valence-electron chi connectivity index (χ3n) is 5.66. The molecule has 4 rings (SSSR count). The van der Waals surface area contributed by atoms with Crippen LogP contribution in [-0.4, -0.2) is 51.9 Å². The standard InChI is InChI=1S/C21H24F3N5O2/c22-21(23,24)13-28-12-15(9-19(28)30)26-20(31)27-17-7-4-8-18-16(17)10-25-29(18)11-14-5-2-1-3-6-14/h1-3,5-6,10,15,17H,4,7-9,11-13H2,(H2,26,27,31). The van der Waals surface area contributed by atoms with Crippen molar-refractivity contribution in [3.63, 3.8) is 0 Å². The van der Waals surface area contributed by atoms with Gasteiger partial charge in [0.25, 0.3) is 0 Å². The highest BCUT2D eigenvalue weighted by atomic mass is 19.4. The lowest BCUT2D eigenvalue weighted by Gasteiger charge is -2.25. The summed E-state index contributed by atoms with van der Waals surface area (Å²) >= 11 is 0. The molecule has 1 saturated heterocycles. The number of alkyl halides is 3. The van der Waals surface area contributed by atoms with Crippen molar-refractivity contribution in [1.29, 1.82) is 0 Å². The fourth-order valence-corrected chi connectivity index (χ4v) is 4.28. The first kappa shape index (κ1) is 21.2. The van der Waals surface area contributed by atoms with Gasteiger partial charge in [0.1, 0.15) is 6.54 Å². The number of nitrogens with one attached hydrogen (secondary N) is 2. The molecule has 2 aromatic rings. The summed E-state index contributed by atoms with van der Waals surface area (Å²) < 4.78 is 39.6. The van der Waals surface area contributed by atoms with Crippen LogP contribution in [0.3, 0.4) is 0 Å². The highest BCUT2D eigenvalue weighted by Crippen LogP contribution is 2.30. The first-order chi connectivity index (χ1) is 14.8. The Hall–Kier alpha value is -3.04. The van der Waals surface area contributed by atoms with Crippen molar-refractivity contribution in [1.82, 2.24) is 25.3 Å². The molecule has 1 aromatic carbocycles. The van der Waals surface area contributed by atoms with Gasteiger partial charge in [0.15, 0.2) is 0 Å². The summed E-state index contributed by atoms with van der Waals surface area (Å²) in [6, 6.07) is 8.63. The van der Waals surface area contributed by atoms with Gasteiger partial charge in [0.2, 0.25) is 5.91 Å². The molecule has 0 saturated carbocycles. The Labute approximate surface area is 177 Å². The third kappa shape index (κ3) is 5.18. The van der Waals surface area contributed by atoms with Crippen LogP contribution in [0.5, 0.6) is 0 Å². The monoisotopic (exact) mass is 435 g/mol. The summed E-state index contributed by atoms with van der Waals surface area (Å²) in [5, 5.41) is 10.0. The summed E-state index contributed by atoms with van der Waals surface area (Å²) in [6.07, 6.45) is -0.307. The number of hydrogen-bond acceptors (Lipinski definition) is 3. The van der Waals surface area contributed by atoms with Crippen LogP contribution in [0.15, 0.2) is 36.5 Å². The van der Waals surface area contributed by atoms with Gasteiger partial charge >= 0.3 is 12.2 Å². The first-order valence-electron chi connectivity index (χ1n) is 10.3. The Morgan fingerprint density at radius 2 is 1.97 bits per heavy atom. The van der Waals surface area contributed by atoms with Crippen LogP contribution in [0.1, 0.15) is 42.1 Å². The van der Waals surface area contributed by atoms with Gasteiger partial charge in [-0.2, -0.15) is 18.3 Å². The van der Waals surface area contributed by atoms with Crippen molar-refractivity contribution in [2.75, 3.05) is 13.1 Å². The van der Waals surface area contributed by atoms with Gasteiger partial charge in [-0.25, -0.2) is 4.79 Å². The summed E-state index contributed by atoms with van der Waals surface area (Å²) in [7, 11) is 0. The number of amides is 3. The van der Waals surface area contributed by atoms with Crippen molar-refractivity contribution in [2.45, 2.75) is 50.5 Å². The summed E-state index contributed by atoms with van der Waals surface area (Å²) in [5.74, 6) is -0.607. The molecule has 1 aromatic heterocycles. The van der Waals surface area contributed by atoms with E-state index < -0.39 is 30.7 Å². The Morgan fingerprint density at radius 1 is 1.19 bits per heavy atom. The molecule has 7 nitrogen and oxygen atoms in total. The molecule has 31 heavy (non-hydrogen) atoms. The van der Waals surface area contributed by atoms with Gasteiger partial charge in [-0.15, -0.1) is 0 Å². The molecule has 2 N–H and O–H groups in total. The van der Waals surface area contributed by atoms with Gasteiger partial charge in [0.05, 0.1) is 24.8 Å². The van der Waals surface area contributed by atoms with Crippen LogP contribution in [0.2, 0.25) is 0 Å². The van der Waals surface area contributed by atoms with Gasteiger partial charge in [0, 0.05) is 24.2 Å². The summed E-state index contributed by atoms with van der Waals surface area (Å²) in [6.45, 7) is -0.788. The molecule has 3 amide bonds. The average molecular weight is 435 g/mol. The summed E-state index contributed by atoms with van der Waals surface area (Å²) in [4.78, 5) is 25.0. The third-order valence-corrected chi connectivity index (χ3v) is 5.66. The van der Waals surface area contributed by atoms with Gasteiger partial charge < -0.3 is 15.5 Å². The van der Waals surface area contributed by atoms with E-state index in [-0.39, 0.29) is 19.0 Å². The predicted molar refractivity (Wildman–Crippen MR) is 106 cm³/mol. The number of hydrogen-bond donors (Lipinski definition) is 2. The molecule has 166 valence electrons. The molecule has 1 fully saturated rings. The number of carbonyl (C=O) groups is 2. The average Bonchev–Trinajstić information content (AvgIpc) is 3.25. The van der Waals surface area contributed by atoms with Crippen LogP contribution in [-0.2, 0) is 17.8 Å². The smallest absolute Gasteiger partial charge is 0.333 e. The minimum absolute atomic E-state index is 0.131. The van der Waals surface area contributed by atoms with E-state index in [0.717, 1.165) is 41.0 Å². The Bertz CT molecular complexity index is 944. The van der Waals surface area contributed by atoms with Crippen molar-refractivity contribution in [3.05, 3.63) is 53.3 Å². The fraction of sp³-hybridized carbons (Fsp3) is 0.476. The molecule has 1 aliphatic carbocycles. The number of carbonyl (C=O) groups excluding carboxylic acids is 2. The van der Waals surface area contributed by atoms with Crippen LogP contribution >= 0.6 is 0 Å². The molecule has 10 heteroatoms. The quantitative estimate of drug-likeness (QED) is 0.758. The molecule has 2 heterocycles. The largest absolute Gasteiger partial charge is 0.406 e. The van der Waals surface area contributed by atoms with Crippen molar-refractivity contribution < 1.29 is 22.8 Å². The number of rotatable bonds is 5. The normalized spacial score (nSPS) is 21.1. The summed E-state index contributed by atoms with van der Waals surface area (Å²) in [5.41, 5.74) is 3.17. The minimum atomic E-state index is -4.45. The Balaban J connectivity index is 1.36. The number of fused-ring (bicyclic) bond motifs is 1. The lowest BCUT2D eigenvalue weighted by Crippen LogP contribution is -2.45. The second-order valence-corrected chi connectivity index (χ2v) is 8.04. The SMILES string of the molecule is O=C(NC1CC(=O)N(CC(F)(F)F)C1)NC1CCCc2c1cnn2Cc1ccccc1. The number of nitrogens with zero attached hydrogens (tertiary/aromatic N) is 3. The molecular weight excluding hydrogens is 411 g/mol. The highest BCUT2D eigenvalue weighted by Gasteiger charge is 2.39. The predicted octanol–water partition coefficient (Wildman–Crippen LogP) is 2.77. The van der Waals surface area contributed by atoms with E-state index in [9.17, 15) is 22.8 Å². The van der Waals surface area contributed by atoms with Crippen LogP contribution in [0.25, 0.3) is 0 Å². The highest BCUT2D eigenvalue weighted by molar-refractivity contribution is 5.81. The molecule has 0 spiro atoms. The molecule has 0 bridgehead atoms. The van der Waals surface area contributed by atoms with Crippen molar-refractivity contribution >= 4 is 11.9 Å². The number of halogens is 3. The molecule has 2 aliphatic rings. The lowest BCUT2D eigenvalue weighted by atomic mass is 9.93.